The molecule has 0 aliphatic rings. The smallest absolute Gasteiger partial charge is 0.167 e. The number of nitrogens with two attached hydrogens (primary N) is 1. The lowest BCUT2D eigenvalue weighted by atomic mass is 10.2. The van der Waals surface area contributed by atoms with Gasteiger partial charge in [-0.15, -0.1) is 0 Å². The third-order valence-corrected chi connectivity index (χ3v) is 1.60. The maximum atomic E-state index is 10.6. The SMILES string of the molecule is CC(=O)COc1ccc(CN)cc1. The minimum absolute atomic E-state index is 0.0166. The van der Waals surface area contributed by atoms with Gasteiger partial charge in [0.05, 0.1) is 0 Å². The first-order valence-electron chi connectivity index (χ1n) is 4.13. The van der Waals surface area contributed by atoms with E-state index in [0.717, 1.165) is 5.56 Å². The molecule has 0 aliphatic heterocycles. The maximum absolute atomic E-state index is 10.6. The molecule has 0 amide bonds. The minimum Gasteiger partial charge on any atom is -0.486 e. The lowest BCUT2D eigenvalue weighted by Gasteiger charge is -2.03. The van der Waals surface area contributed by atoms with Crippen LogP contribution in [0.4, 0.5) is 0 Å². The lowest BCUT2D eigenvalue weighted by molar-refractivity contribution is -0.118. The molecule has 70 valence electrons. The number of Topliss-reactive ketones (excluding diaryl/α,β-unsaturated/α-hetero) is 1. The Hall–Kier alpha value is -1.35. The van der Waals surface area contributed by atoms with Gasteiger partial charge in [-0.25, -0.2) is 0 Å². The zero-order chi connectivity index (χ0) is 9.68. The van der Waals surface area contributed by atoms with Gasteiger partial charge in [-0.2, -0.15) is 0 Å². The Morgan fingerprint density at radius 1 is 1.38 bits per heavy atom. The third-order valence-electron chi connectivity index (χ3n) is 1.60. The normalized spacial score (nSPS) is 9.69. The largest absolute Gasteiger partial charge is 0.486 e. The van der Waals surface area contributed by atoms with E-state index in [1.807, 2.05) is 24.3 Å². The van der Waals surface area contributed by atoms with Gasteiger partial charge in [-0.05, 0) is 24.6 Å². The Balaban J connectivity index is 2.54. The van der Waals surface area contributed by atoms with Crippen LogP contribution in [0.5, 0.6) is 5.75 Å². The molecule has 2 N–H and O–H groups in total. The summed E-state index contributed by atoms with van der Waals surface area (Å²) in [5.41, 5.74) is 6.48. The number of hydrogen-bond donors (Lipinski definition) is 1. The number of hydrogen-bond acceptors (Lipinski definition) is 3. The number of carbonyl (C=O) groups is 1. The Morgan fingerprint density at radius 2 is 2.00 bits per heavy atom. The summed E-state index contributed by atoms with van der Waals surface area (Å²) in [6.07, 6.45) is 0. The van der Waals surface area contributed by atoms with Crippen LogP contribution in [0.25, 0.3) is 0 Å². The standard InChI is InChI=1S/C10H13NO2/c1-8(12)7-13-10-4-2-9(6-11)3-5-10/h2-5H,6-7,11H2,1H3. The van der Waals surface area contributed by atoms with Crippen LogP contribution < -0.4 is 10.5 Å². The highest BCUT2D eigenvalue weighted by Crippen LogP contribution is 2.11. The van der Waals surface area contributed by atoms with Gasteiger partial charge in [-0.3, -0.25) is 4.79 Å². The third kappa shape index (κ3) is 3.25. The molecule has 0 bridgehead atoms. The quantitative estimate of drug-likeness (QED) is 0.753. The second-order valence-electron chi connectivity index (χ2n) is 2.84. The van der Waals surface area contributed by atoms with E-state index in [4.69, 9.17) is 10.5 Å². The number of rotatable bonds is 4. The molecular formula is C10H13NO2. The van der Waals surface area contributed by atoms with Gasteiger partial charge in [-0.1, -0.05) is 12.1 Å². The molecule has 0 spiro atoms. The number of benzene rings is 1. The second-order valence-corrected chi connectivity index (χ2v) is 2.84. The lowest BCUT2D eigenvalue weighted by Crippen LogP contribution is -2.06. The monoisotopic (exact) mass is 179 g/mol. The second kappa shape index (κ2) is 4.62. The van der Waals surface area contributed by atoms with Crippen LogP contribution in [0.1, 0.15) is 12.5 Å². The van der Waals surface area contributed by atoms with Gasteiger partial charge >= 0.3 is 0 Å². The van der Waals surface area contributed by atoms with Crippen molar-refractivity contribution in [3.05, 3.63) is 29.8 Å². The van der Waals surface area contributed by atoms with Crippen LogP contribution in [0.3, 0.4) is 0 Å². The Bertz CT molecular complexity index is 279. The Morgan fingerprint density at radius 3 is 2.46 bits per heavy atom. The van der Waals surface area contributed by atoms with E-state index in [1.165, 1.54) is 6.92 Å². The number of ketones is 1. The predicted octanol–water partition coefficient (Wildman–Crippen LogP) is 1.11. The molecule has 0 aliphatic carbocycles. The predicted molar refractivity (Wildman–Crippen MR) is 50.5 cm³/mol. The summed E-state index contributed by atoms with van der Waals surface area (Å²) in [6, 6.07) is 7.39. The van der Waals surface area contributed by atoms with E-state index in [0.29, 0.717) is 12.3 Å². The molecule has 1 aromatic rings. The van der Waals surface area contributed by atoms with Crippen LogP contribution in [0.15, 0.2) is 24.3 Å². The fraction of sp³-hybridized carbons (Fsp3) is 0.300. The first-order valence-corrected chi connectivity index (χ1v) is 4.13. The van der Waals surface area contributed by atoms with Crippen LogP contribution >= 0.6 is 0 Å². The van der Waals surface area contributed by atoms with Gasteiger partial charge in [0.25, 0.3) is 0 Å². The Labute approximate surface area is 77.5 Å². The highest BCUT2D eigenvalue weighted by Gasteiger charge is 1.96. The molecule has 0 unspecified atom stereocenters. The summed E-state index contributed by atoms with van der Waals surface area (Å²) in [4.78, 5) is 10.6. The van der Waals surface area contributed by atoms with Crippen molar-refractivity contribution in [3.8, 4) is 5.75 Å². The molecule has 1 aromatic carbocycles. The number of carbonyl (C=O) groups excluding carboxylic acids is 1. The van der Waals surface area contributed by atoms with Gasteiger partial charge in [0, 0.05) is 6.54 Å². The van der Waals surface area contributed by atoms with Crippen LogP contribution in [0.2, 0.25) is 0 Å². The summed E-state index contributed by atoms with van der Waals surface area (Å²) in [5.74, 6) is 0.718. The molecule has 1 rings (SSSR count). The number of ether oxygens (including phenoxy) is 1. The molecule has 3 nitrogen and oxygen atoms in total. The zero-order valence-corrected chi connectivity index (χ0v) is 7.62. The topological polar surface area (TPSA) is 52.3 Å². The highest BCUT2D eigenvalue weighted by atomic mass is 16.5. The zero-order valence-electron chi connectivity index (χ0n) is 7.62. The minimum atomic E-state index is 0.0166. The summed E-state index contributed by atoms with van der Waals surface area (Å²) in [7, 11) is 0. The van der Waals surface area contributed by atoms with E-state index in [9.17, 15) is 4.79 Å². The molecular weight excluding hydrogens is 166 g/mol. The van der Waals surface area contributed by atoms with Gasteiger partial charge < -0.3 is 10.5 Å². The molecule has 3 heteroatoms. The van der Waals surface area contributed by atoms with Crippen molar-refractivity contribution in [2.75, 3.05) is 6.61 Å². The van der Waals surface area contributed by atoms with Crippen molar-refractivity contribution in [1.82, 2.24) is 0 Å². The van der Waals surface area contributed by atoms with E-state index >= 15 is 0 Å². The van der Waals surface area contributed by atoms with Crippen molar-refractivity contribution >= 4 is 5.78 Å². The van der Waals surface area contributed by atoms with E-state index in [-0.39, 0.29) is 12.4 Å². The van der Waals surface area contributed by atoms with E-state index in [1.54, 1.807) is 0 Å². The first kappa shape index (κ1) is 9.74. The fourth-order valence-electron chi connectivity index (χ4n) is 0.907. The average Bonchev–Trinajstić information content (AvgIpc) is 2.15. The first-order chi connectivity index (χ1) is 6.22. The van der Waals surface area contributed by atoms with Crippen LogP contribution in [0, 0.1) is 0 Å². The van der Waals surface area contributed by atoms with Crippen LogP contribution in [-0.2, 0) is 11.3 Å². The summed E-state index contributed by atoms with van der Waals surface area (Å²) in [6.45, 7) is 2.14. The van der Waals surface area contributed by atoms with Crippen molar-refractivity contribution in [3.63, 3.8) is 0 Å². The highest BCUT2D eigenvalue weighted by molar-refractivity contribution is 5.77. The van der Waals surface area contributed by atoms with Crippen LogP contribution in [-0.4, -0.2) is 12.4 Å². The van der Waals surface area contributed by atoms with Crippen molar-refractivity contribution in [2.45, 2.75) is 13.5 Å². The Kier molecular flexibility index (Phi) is 3.46. The average molecular weight is 179 g/mol. The molecule has 13 heavy (non-hydrogen) atoms. The van der Waals surface area contributed by atoms with Crippen molar-refractivity contribution in [1.29, 1.82) is 0 Å². The molecule has 0 saturated carbocycles. The molecule has 0 radical (unpaired) electrons. The van der Waals surface area contributed by atoms with Gasteiger partial charge in [0.2, 0.25) is 0 Å². The molecule has 0 saturated heterocycles. The van der Waals surface area contributed by atoms with Crippen molar-refractivity contribution in [2.24, 2.45) is 5.73 Å². The van der Waals surface area contributed by atoms with Gasteiger partial charge in [0.15, 0.2) is 5.78 Å². The maximum Gasteiger partial charge on any atom is 0.167 e. The van der Waals surface area contributed by atoms with E-state index < -0.39 is 0 Å². The van der Waals surface area contributed by atoms with E-state index in [2.05, 4.69) is 0 Å². The molecule has 0 heterocycles. The summed E-state index contributed by atoms with van der Waals surface area (Å²) in [5, 5.41) is 0. The van der Waals surface area contributed by atoms with Crippen molar-refractivity contribution < 1.29 is 9.53 Å². The molecule has 0 aromatic heterocycles. The van der Waals surface area contributed by atoms with Gasteiger partial charge in [0.1, 0.15) is 12.4 Å². The molecule has 0 fully saturated rings. The fourth-order valence-corrected chi connectivity index (χ4v) is 0.907. The summed E-state index contributed by atoms with van der Waals surface area (Å²) >= 11 is 0. The molecule has 0 atom stereocenters. The summed E-state index contributed by atoms with van der Waals surface area (Å²) < 4.78 is 5.18.